The molecule has 0 aromatic carbocycles. The van der Waals surface area contributed by atoms with E-state index in [2.05, 4.69) is 15.3 Å². The van der Waals surface area contributed by atoms with Crippen LogP contribution in [-0.4, -0.2) is 16.5 Å². The van der Waals surface area contributed by atoms with E-state index in [1.165, 1.54) is 4.88 Å². The standard InChI is InChI=1S/C10H12ClN3S/c11-9-2-1-8(15-9)7-12-4-3-10-13-5-6-14-10/h1-2,5-6,12H,3-4,7H2,(H,13,14). The second kappa shape index (κ2) is 5.30. The number of rotatable bonds is 5. The second-order valence-electron chi connectivity index (χ2n) is 3.17. The van der Waals surface area contributed by atoms with Gasteiger partial charge in [-0.15, -0.1) is 11.3 Å². The SMILES string of the molecule is Clc1ccc(CNCCc2ncc[nH]2)s1. The molecule has 0 atom stereocenters. The third-order valence-electron chi connectivity index (χ3n) is 2.02. The van der Waals surface area contributed by atoms with Crippen LogP contribution < -0.4 is 5.32 Å². The Morgan fingerprint density at radius 3 is 3.07 bits per heavy atom. The van der Waals surface area contributed by atoms with E-state index < -0.39 is 0 Å². The highest BCUT2D eigenvalue weighted by atomic mass is 35.5. The van der Waals surface area contributed by atoms with Crippen LogP contribution >= 0.6 is 22.9 Å². The van der Waals surface area contributed by atoms with Gasteiger partial charge in [0.2, 0.25) is 0 Å². The Morgan fingerprint density at radius 1 is 1.47 bits per heavy atom. The van der Waals surface area contributed by atoms with Crippen LogP contribution in [0.15, 0.2) is 24.5 Å². The molecule has 2 rings (SSSR count). The highest BCUT2D eigenvalue weighted by Gasteiger charge is 1.98. The molecule has 0 saturated carbocycles. The number of aromatic amines is 1. The van der Waals surface area contributed by atoms with Gasteiger partial charge in [0, 0.05) is 36.8 Å². The van der Waals surface area contributed by atoms with E-state index >= 15 is 0 Å². The molecule has 0 fully saturated rings. The average molecular weight is 242 g/mol. The molecule has 0 bridgehead atoms. The molecule has 2 aromatic heterocycles. The van der Waals surface area contributed by atoms with Crippen molar-refractivity contribution in [2.45, 2.75) is 13.0 Å². The molecule has 0 unspecified atom stereocenters. The van der Waals surface area contributed by atoms with E-state index in [4.69, 9.17) is 11.6 Å². The first kappa shape index (κ1) is 10.7. The zero-order valence-corrected chi connectivity index (χ0v) is 9.74. The first-order chi connectivity index (χ1) is 7.34. The van der Waals surface area contributed by atoms with Gasteiger partial charge in [-0.2, -0.15) is 0 Å². The van der Waals surface area contributed by atoms with Crippen LogP contribution in [0.25, 0.3) is 0 Å². The second-order valence-corrected chi connectivity index (χ2v) is 4.97. The monoisotopic (exact) mass is 241 g/mol. The summed E-state index contributed by atoms with van der Waals surface area (Å²) >= 11 is 7.45. The molecule has 0 aliphatic rings. The van der Waals surface area contributed by atoms with Crippen molar-refractivity contribution in [2.75, 3.05) is 6.54 Å². The van der Waals surface area contributed by atoms with Crippen molar-refractivity contribution < 1.29 is 0 Å². The first-order valence-electron chi connectivity index (χ1n) is 4.78. The lowest BCUT2D eigenvalue weighted by atomic mass is 10.4. The quantitative estimate of drug-likeness (QED) is 0.790. The molecule has 15 heavy (non-hydrogen) atoms. The maximum atomic E-state index is 5.83. The van der Waals surface area contributed by atoms with E-state index in [1.54, 1.807) is 17.5 Å². The molecule has 2 aromatic rings. The smallest absolute Gasteiger partial charge is 0.107 e. The maximum absolute atomic E-state index is 5.83. The number of nitrogens with zero attached hydrogens (tertiary/aromatic N) is 1. The molecule has 80 valence electrons. The number of hydrogen-bond acceptors (Lipinski definition) is 3. The molecule has 0 saturated heterocycles. The number of aromatic nitrogens is 2. The summed E-state index contributed by atoms with van der Waals surface area (Å²) in [4.78, 5) is 8.48. The van der Waals surface area contributed by atoms with E-state index in [1.807, 2.05) is 18.3 Å². The minimum atomic E-state index is 0.845. The number of thiophene rings is 1. The number of H-pyrrole nitrogens is 1. The lowest BCUT2D eigenvalue weighted by Gasteiger charge is -2.00. The summed E-state index contributed by atoms with van der Waals surface area (Å²) in [7, 11) is 0. The normalized spacial score (nSPS) is 10.7. The van der Waals surface area contributed by atoms with Gasteiger partial charge in [0.1, 0.15) is 5.82 Å². The minimum absolute atomic E-state index is 0.845. The molecule has 2 N–H and O–H groups in total. The number of imidazole rings is 1. The molecule has 0 amide bonds. The molecule has 5 heteroatoms. The van der Waals surface area contributed by atoms with Crippen LogP contribution in [0.5, 0.6) is 0 Å². The fraction of sp³-hybridized carbons (Fsp3) is 0.300. The fourth-order valence-electron chi connectivity index (χ4n) is 1.30. The van der Waals surface area contributed by atoms with Gasteiger partial charge in [-0.3, -0.25) is 0 Å². The minimum Gasteiger partial charge on any atom is -0.349 e. The van der Waals surface area contributed by atoms with Crippen LogP contribution in [0, 0.1) is 0 Å². The Labute approximate surface area is 97.5 Å². The van der Waals surface area contributed by atoms with E-state index in [-0.39, 0.29) is 0 Å². The van der Waals surface area contributed by atoms with Crippen LogP contribution in [0.3, 0.4) is 0 Å². The topological polar surface area (TPSA) is 40.7 Å². The first-order valence-corrected chi connectivity index (χ1v) is 5.97. The molecule has 3 nitrogen and oxygen atoms in total. The zero-order chi connectivity index (χ0) is 10.5. The van der Waals surface area contributed by atoms with Crippen molar-refractivity contribution in [2.24, 2.45) is 0 Å². The molecular formula is C10H12ClN3S. The van der Waals surface area contributed by atoms with Gasteiger partial charge in [-0.25, -0.2) is 4.98 Å². The van der Waals surface area contributed by atoms with Gasteiger partial charge < -0.3 is 10.3 Å². The Morgan fingerprint density at radius 2 is 2.40 bits per heavy atom. The third-order valence-corrected chi connectivity index (χ3v) is 3.25. The Bertz CT molecular complexity index is 396. The van der Waals surface area contributed by atoms with Gasteiger partial charge >= 0.3 is 0 Å². The molecule has 0 spiro atoms. The Balaban J connectivity index is 1.67. The van der Waals surface area contributed by atoms with Gasteiger partial charge in [-0.05, 0) is 12.1 Å². The summed E-state index contributed by atoms with van der Waals surface area (Å²) in [6, 6.07) is 3.97. The fourth-order valence-corrected chi connectivity index (χ4v) is 2.36. The molecule has 0 aliphatic heterocycles. The highest BCUT2D eigenvalue weighted by Crippen LogP contribution is 2.20. The summed E-state index contributed by atoms with van der Waals surface area (Å²) in [6.45, 7) is 1.79. The van der Waals surface area contributed by atoms with Crippen molar-refractivity contribution in [1.82, 2.24) is 15.3 Å². The third kappa shape index (κ3) is 3.34. The van der Waals surface area contributed by atoms with Crippen LogP contribution in [-0.2, 0) is 13.0 Å². The van der Waals surface area contributed by atoms with Gasteiger partial charge in [0.05, 0.1) is 4.34 Å². The number of halogens is 1. The van der Waals surface area contributed by atoms with E-state index in [0.29, 0.717) is 0 Å². The zero-order valence-electron chi connectivity index (χ0n) is 8.16. The number of nitrogens with one attached hydrogen (secondary N) is 2. The Hall–Kier alpha value is -0.840. The van der Waals surface area contributed by atoms with Gasteiger partial charge in [0.15, 0.2) is 0 Å². The Kier molecular flexibility index (Phi) is 3.77. The highest BCUT2D eigenvalue weighted by molar-refractivity contribution is 7.16. The summed E-state index contributed by atoms with van der Waals surface area (Å²) in [5.74, 6) is 1.02. The van der Waals surface area contributed by atoms with E-state index in [9.17, 15) is 0 Å². The summed E-state index contributed by atoms with van der Waals surface area (Å²) < 4.78 is 0.845. The molecule has 2 heterocycles. The lowest BCUT2D eigenvalue weighted by molar-refractivity contribution is 0.680. The van der Waals surface area contributed by atoms with Crippen molar-refractivity contribution >= 4 is 22.9 Å². The van der Waals surface area contributed by atoms with Gasteiger partial charge in [0.25, 0.3) is 0 Å². The predicted molar refractivity (Wildman–Crippen MR) is 63.3 cm³/mol. The van der Waals surface area contributed by atoms with Crippen molar-refractivity contribution in [1.29, 1.82) is 0 Å². The van der Waals surface area contributed by atoms with Crippen LogP contribution in [0.1, 0.15) is 10.7 Å². The molecular weight excluding hydrogens is 230 g/mol. The van der Waals surface area contributed by atoms with Crippen molar-refractivity contribution in [3.05, 3.63) is 39.6 Å². The number of hydrogen-bond donors (Lipinski definition) is 2. The van der Waals surface area contributed by atoms with Crippen LogP contribution in [0.2, 0.25) is 4.34 Å². The van der Waals surface area contributed by atoms with Crippen molar-refractivity contribution in [3.8, 4) is 0 Å². The maximum Gasteiger partial charge on any atom is 0.107 e. The summed E-state index contributed by atoms with van der Waals surface area (Å²) in [5, 5.41) is 3.35. The lowest BCUT2D eigenvalue weighted by Crippen LogP contribution is -2.16. The van der Waals surface area contributed by atoms with Crippen molar-refractivity contribution in [3.63, 3.8) is 0 Å². The summed E-state index contributed by atoms with van der Waals surface area (Å²) in [6.07, 6.45) is 4.54. The largest absolute Gasteiger partial charge is 0.349 e. The van der Waals surface area contributed by atoms with Gasteiger partial charge in [-0.1, -0.05) is 11.6 Å². The summed E-state index contributed by atoms with van der Waals surface area (Å²) in [5.41, 5.74) is 0. The molecule has 0 radical (unpaired) electrons. The predicted octanol–water partition coefficient (Wildman–Crippen LogP) is 2.46. The average Bonchev–Trinajstić information content (AvgIpc) is 2.84. The van der Waals surface area contributed by atoms with Crippen LogP contribution in [0.4, 0.5) is 0 Å². The molecule has 0 aliphatic carbocycles. The van der Waals surface area contributed by atoms with E-state index in [0.717, 1.165) is 29.7 Å².